The summed E-state index contributed by atoms with van der Waals surface area (Å²) in [6, 6.07) is 12.0. The molecule has 0 saturated heterocycles. The molecule has 7 heteroatoms. The van der Waals surface area contributed by atoms with Gasteiger partial charge in [0.05, 0.1) is 34.9 Å². The van der Waals surface area contributed by atoms with Crippen LogP contribution < -0.4 is 14.2 Å². The normalized spacial score (nSPS) is 11.3. The maximum Gasteiger partial charge on any atom is 0.351 e. The fourth-order valence-corrected chi connectivity index (χ4v) is 2.56. The van der Waals surface area contributed by atoms with Gasteiger partial charge >= 0.3 is 11.9 Å². The average molecular weight is 374 g/mol. The maximum absolute atomic E-state index is 12.4. The number of rotatable bonds is 8. The molecule has 0 N–H and O–H groups in total. The van der Waals surface area contributed by atoms with Gasteiger partial charge in [0.2, 0.25) is 11.9 Å². The lowest BCUT2D eigenvalue weighted by Gasteiger charge is -2.17. The van der Waals surface area contributed by atoms with Crippen LogP contribution in [0.4, 0.5) is 0 Å². The Morgan fingerprint density at radius 2 is 1.48 bits per heavy atom. The third-order valence-electron chi connectivity index (χ3n) is 3.84. The van der Waals surface area contributed by atoms with Crippen LogP contribution in [0.3, 0.4) is 0 Å². The van der Waals surface area contributed by atoms with Gasteiger partial charge in [-0.1, -0.05) is 30.3 Å². The van der Waals surface area contributed by atoms with E-state index in [4.69, 9.17) is 23.7 Å². The van der Waals surface area contributed by atoms with E-state index in [9.17, 15) is 9.59 Å². The molecular weight excluding hydrogens is 352 g/mol. The minimum absolute atomic E-state index is 0.0863. The number of methoxy groups -OCH3 is 4. The van der Waals surface area contributed by atoms with E-state index in [2.05, 4.69) is 0 Å². The number of esters is 2. The summed E-state index contributed by atoms with van der Waals surface area (Å²) in [5.41, 5.74) is 1.12. The highest BCUT2D eigenvalue weighted by molar-refractivity contribution is 5.81. The topological polar surface area (TPSA) is 80.3 Å². The van der Waals surface area contributed by atoms with E-state index >= 15 is 0 Å². The Bertz CT molecular complexity index is 761. The smallest absolute Gasteiger partial charge is 0.351 e. The summed E-state index contributed by atoms with van der Waals surface area (Å²) in [5.74, 6) is 0.0243. The molecule has 0 aromatic heterocycles. The molecule has 27 heavy (non-hydrogen) atoms. The molecule has 144 valence electrons. The van der Waals surface area contributed by atoms with Crippen molar-refractivity contribution in [1.82, 2.24) is 0 Å². The number of carbonyl (C=O) groups is 2. The van der Waals surface area contributed by atoms with Crippen LogP contribution in [0.5, 0.6) is 17.2 Å². The van der Waals surface area contributed by atoms with Crippen molar-refractivity contribution in [3.8, 4) is 17.2 Å². The largest absolute Gasteiger partial charge is 0.493 e. The fourth-order valence-electron chi connectivity index (χ4n) is 2.56. The van der Waals surface area contributed by atoms with Gasteiger partial charge in [-0.2, -0.15) is 0 Å². The molecule has 0 aliphatic heterocycles. The Morgan fingerprint density at radius 3 is 1.96 bits per heavy atom. The Balaban J connectivity index is 2.21. The molecule has 2 aromatic rings. The number of hydrogen-bond donors (Lipinski definition) is 0. The highest BCUT2D eigenvalue weighted by Crippen LogP contribution is 2.38. The van der Waals surface area contributed by atoms with Gasteiger partial charge in [-0.3, -0.25) is 4.79 Å². The number of ether oxygens (including phenoxy) is 5. The van der Waals surface area contributed by atoms with Gasteiger partial charge in [0.25, 0.3) is 0 Å². The summed E-state index contributed by atoms with van der Waals surface area (Å²) in [6.07, 6.45) is -1.22. The number of carbonyl (C=O) groups excluding carboxylic acids is 2. The lowest BCUT2D eigenvalue weighted by Crippen LogP contribution is -2.22. The first-order valence-corrected chi connectivity index (χ1v) is 8.15. The SMILES string of the molecule is COC(=O)C(OC(=O)Cc1cc(OC)c(OC)c(OC)c1)c1ccccc1. The van der Waals surface area contributed by atoms with Gasteiger partial charge in [-0.25, -0.2) is 4.79 Å². The lowest BCUT2D eigenvalue weighted by atomic mass is 10.1. The summed E-state index contributed by atoms with van der Waals surface area (Å²) in [5, 5.41) is 0. The summed E-state index contributed by atoms with van der Waals surface area (Å²) in [7, 11) is 5.71. The van der Waals surface area contributed by atoms with E-state index in [0.717, 1.165) is 0 Å². The van der Waals surface area contributed by atoms with Gasteiger partial charge in [0.15, 0.2) is 11.5 Å². The van der Waals surface area contributed by atoms with E-state index in [1.165, 1.54) is 28.4 Å². The van der Waals surface area contributed by atoms with Crippen LogP contribution in [0.15, 0.2) is 42.5 Å². The second-order valence-corrected chi connectivity index (χ2v) is 5.51. The van der Waals surface area contributed by atoms with Crippen molar-refractivity contribution in [3.05, 3.63) is 53.6 Å². The highest BCUT2D eigenvalue weighted by atomic mass is 16.6. The fraction of sp³-hybridized carbons (Fsp3) is 0.300. The Morgan fingerprint density at radius 1 is 0.889 bits per heavy atom. The zero-order valence-corrected chi connectivity index (χ0v) is 15.7. The molecule has 0 aliphatic rings. The number of hydrogen-bond acceptors (Lipinski definition) is 7. The van der Waals surface area contributed by atoms with Gasteiger partial charge in [-0.15, -0.1) is 0 Å². The summed E-state index contributed by atoms with van der Waals surface area (Å²) >= 11 is 0. The van der Waals surface area contributed by atoms with Crippen molar-refractivity contribution in [3.63, 3.8) is 0 Å². The van der Waals surface area contributed by atoms with E-state index in [1.54, 1.807) is 42.5 Å². The van der Waals surface area contributed by atoms with Crippen LogP contribution in [-0.4, -0.2) is 40.4 Å². The highest BCUT2D eigenvalue weighted by Gasteiger charge is 2.26. The quantitative estimate of drug-likeness (QED) is 0.657. The van der Waals surface area contributed by atoms with Gasteiger partial charge < -0.3 is 23.7 Å². The third kappa shape index (κ3) is 4.91. The van der Waals surface area contributed by atoms with Crippen molar-refractivity contribution in [2.45, 2.75) is 12.5 Å². The molecule has 7 nitrogen and oxygen atoms in total. The van der Waals surface area contributed by atoms with Crippen molar-refractivity contribution in [2.24, 2.45) is 0 Å². The first-order valence-electron chi connectivity index (χ1n) is 8.15. The lowest BCUT2D eigenvalue weighted by molar-refractivity contribution is -0.166. The molecule has 2 rings (SSSR count). The van der Waals surface area contributed by atoms with Crippen LogP contribution in [0.2, 0.25) is 0 Å². The third-order valence-corrected chi connectivity index (χ3v) is 3.84. The predicted octanol–water partition coefficient (Wildman–Crippen LogP) is 2.71. The minimum atomic E-state index is -1.13. The Labute approximate surface area is 157 Å². The molecule has 1 atom stereocenters. The molecule has 1 unspecified atom stereocenters. The van der Waals surface area contributed by atoms with Crippen LogP contribution in [0, 0.1) is 0 Å². The minimum Gasteiger partial charge on any atom is -0.493 e. The van der Waals surface area contributed by atoms with E-state index in [1.807, 2.05) is 0 Å². The monoisotopic (exact) mass is 374 g/mol. The molecular formula is C20H22O7. The first kappa shape index (κ1) is 20.1. The molecule has 0 radical (unpaired) electrons. The van der Waals surface area contributed by atoms with Crippen molar-refractivity contribution >= 4 is 11.9 Å². The molecule has 0 saturated carbocycles. The standard InChI is InChI=1S/C20H22O7/c1-23-15-10-13(11-16(24-2)19(15)25-3)12-17(21)27-18(20(22)26-4)14-8-6-5-7-9-14/h5-11,18H,12H2,1-4H3. The summed E-state index contributed by atoms with van der Waals surface area (Å²) in [4.78, 5) is 24.5. The van der Waals surface area contributed by atoms with Gasteiger partial charge in [-0.05, 0) is 17.7 Å². The summed E-state index contributed by atoms with van der Waals surface area (Å²) in [6.45, 7) is 0. The maximum atomic E-state index is 12.4. The second kappa shape index (κ2) is 9.47. The van der Waals surface area contributed by atoms with Crippen LogP contribution in [0.1, 0.15) is 17.2 Å². The zero-order valence-electron chi connectivity index (χ0n) is 15.7. The molecule has 2 aromatic carbocycles. The molecule has 0 amide bonds. The van der Waals surface area contributed by atoms with E-state index in [-0.39, 0.29) is 6.42 Å². The molecule has 0 heterocycles. The Kier molecular flexibility index (Phi) is 7.05. The van der Waals surface area contributed by atoms with Gasteiger partial charge in [0, 0.05) is 5.56 Å². The van der Waals surface area contributed by atoms with Crippen LogP contribution in [-0.2, 0) is 25.5 Å². The van der Waals surface area contributed by atoms with Gasteiger partial charge in [0.1, 0.15) is 0 Å². The zero-order chi connectivity index (χ0) is 19.8. The van der Waals surface area contributed by atoms with Crippen molar-refractivity contribution < 1.29 is 33.3 Å². The number of benzene rings is 2. The van der Waals surface area contributed by atoms with E-state index in [0.29, 0.717) is 28.4 Å². The predicted molar refractivity (Wildman–Crippen MR) is 97.1 cm³/mol. The Hall–Kier alpha value is -3.22. The first-order chi connectivity index (χ1) is 13.0. The summed E-state index contributed by atoms with van der Waals surface area (Å²) < 4.78 is 25.9. The molecule has 0 bridgehead atoms. The van der Waals surface area contributed by atoms with Crippen molar-refractivity contribution in [1.29, 1.82) is 0 Å². The molecule has 0 spiro atoms. The van der Waals surface area contributed by atoms with E-state index < -0.39 is 18.0 Å². The van der Waals surface area contributed by atoms with Crippen molar-refractivity contribution in [2.75, 3.05) is 28.4 Å². The molecule has 0 fully saturated rings. The average Bonchev–Trinajstić information content (AvgIpc) is 2.71. The molecule has 0 aliphatic carbocycles. The van der Waals surface area contributed by atoms with Crippen LogP contribution in [0.25, 0.3) is 0 Å². The van der Waals surface area contributed by atoms with Crippen LogP contribution >= 0.6 is 0 Å². The second-order valence-electron chi connectivity index (χ2n) is 5.51.